The molecule has 0 unspecified atom stereocenters. The summed E-state index contributed by atoms with van der Waals surface area (Å²) in [4.78, 5) is 27.5. The van der Waals surface area contributed by atoms with Crippen molar-refractivity contribution in [2.45, 2.75) is 37.9 Å². The minimum atomic E-state index is -0.893. The summed E-state index contributed by atoms with van der Waals surface area (Å²) in [7, 11) is 0. The van der Waals surface area contributed by atoms with E-state index in [1.54, 1.807) is 4.90 Å². The van der Waals surface area contributed by atoms with Crippen LogP contribution in [0.4, 0.5) is 0 Å². The lowest BCUT2D eigenvalue weighted by Crippen LogP contribution is -2.65. The Labute approximate surface area is 170 Å². The predicted molar refractivity (Wildman–Crippen MR) is 109 cm³/mol. The van der Waals surface area contributed by atoms with Gasteiger partial charge in [0.2, 0.25) is 0 Å². The Morgan fingerprint density at radius 3 is 2.17 bits per heavy atom. The first-order chi connectivity index (χ1) is 14.0. The molecule has 1 saturated heterocycles. The third-order valence-electron chi connectivity index (χ3n) is 6.29. The molecule has 2 aliphatic rings. The first-order valence-electron chi connectivity index (χ1n) is 9.86. The minimum Gasteiger partial charge on any atom is -0.343 e. The number of carbonyl (C=O) groups excluding carboxylic acids is 2. The number of amides is 2. The SMILES string of the molecule is C=C1C[C@@H]2NC(=O)C(=O)N(C(c3ccccc3)c3ccccc3)[C@H]2[C@]1(C#N)CC. The number of piperazine rings is 1. The summed E-state index contributed by atoms with van der Waals surface area (Å²) >= 11 is 0. The van der Waals surface area contributed by atoms with Gasteiger partial charge >= 0.3 is 11.8 Å². The van der Waals surface area contributed by atoms with Crippen LogP contribution in [0.15, 0.2) is 72.8 Å². The first kappa shape index (κ1) is 18.9. The van der Waals surface area contributed by atoms with Crippen LogP contribution >= 0.6 is 0 Å². The number of fused-ring (bicyclic) bond motifs is 1. The monoisotopic (exact) mass is 385 g/mol. The van der Waals surface area contributed by atoms with Crippen molar-refractivity contribution in [3.8, 4) is 6.07 Å². The van der Waals surface area contributed by atoms with Crippen molar-refractivity contribution in [3.63, 3.8) is 0 Å². The maximum absolute atomic E-state index is 13.3. The van der Waals surface area contributed by atoms with Crippen LogP contribution in [-0.4, -0.2) is 28.8 Å². The molecule has 0 spiro atoms. The number of carbonyl (C=O) groups is 2. The van der Waals surface area contributed by atoms with E-state index in [1.165, 1.54) is 0 Å². The van der Waals surface area contributed by atoms with Crippen molar-refractivity contribution in [1.29, 1.82) is 5.26 Å². The van der Waals surface area contributed by atoms with Crippen LogP contribution in [-0.2, 0) is 9.59 Å². The number of hydrogen-bond donors (Lipinski definition) is 1. The Balaban J connectivity index is 1.94. The largest absolute Gasteiger partial charge is 0.343 e. The maximum atomic E-state index is 13.3. The normalized spacial score (nSPS) is 26.2. The van der Waals surface area contributed by atoms with E-state index in [0.29, 0.717) is 12.8 Å². The topological polar surface area (TPSA) is 73.2 Å². The van der Waals surface area contributed by atoms with Crippen LogP contribution in [0, 0.1) is 16.7 Å². The lowest BCUT2D eigenvalue weighted by atomic mass is 9.76. The third-order valence-corrected chi connectivity index (χ3v) is 6.29. The average Bonchev–Trinajstić information content (AvgIpc) is 3.03. The van der Waals surface area contributed by atoms with E-state index in [2.05, 4.69) is 18.0 Å². The van der Waals surface area contributed by atoms with Crippen LogP contribution in [0.25, 0.3) is 0 Å². The summed E-state index contributed by atoms with van der Waals surface area (Å²) in [5.74, 6) is -1.23. The Bertz CT molecular complexity index is 956. The summed E-state index contributed by atoms with van der Waals surface area (Å²) in [6, 6.07) is 20.5. The average molecular weight is 385 g/mol. The second kappa shape index (κ2) is 7.21. The fourth-order valence-electron chi connectivity index (χ4n) is 4.89. The van der Waals surface area contributed by atoms with E-state index < -0.39 is 29.3 Å². The zero-order valence-corrected chi connectivity index (χ0v) is 16.3. The Morgan fingerprint density at radius 2 is 1.69 bits per heavy atom. The van der Waals surface area contributed by atoms with Crippen molar-refractivity contribution < 1.29 is 9.59 Å². The molecule has 1 N–H and O–H groups in total. The van der Waals surface area contributed by atoms with Gasteiger partial charge < -0.3 is 10.2 Å². The van der Waals surface area contributed by atoms with Crippen LogP contribution in [0.3, 0.4) is 0 Å². The number of benzene rings is 2. The van der Waals surface area contributed by atoms with Gasteiger partial charge in [-0.15, -0.1) is 0 Å². The van der Waals surface area contributed by atoms with Crippen molar-refractivity contribution in [2.24, 2.45) is 5.41 Å². The second-order valence-electron chi connectivity index (χ2n) is 7.71. The summed E-state index contributed by atoms with van der Waals surface area (Å²) < 4.78 is 0. The van der Waals surface area contributed by atoms with Crippen LogP contribution in [0.1, 0.15) is 36.9 Å². The van der Waals surface area contributed by atoms with Gasteiger partial charge in [-0.3, -0.25) is 9.59 Å². The van der Waals surface area contributed by atoms with Crippen LogP contribution in [0.2, 0.25) is 0 Å². The molecule has 1 heterocycles. The first-order valence-corrected chi connectivity index (χ1v) is 9.86. The molecule has 4 rings (SSSR count). The number of hydrogen-bond acceptors (Lipinski definition) is 3. The highest BCUT2D eigenvalue weighted by Crippen LogP contribution is 2.50. The van der Waals surface area contributed by atoms with E-state index in [1.807, 2.05) is 67.6 Å². The minimum absolute atomic E-state index is 0.317. The molecule has 2 fully saturated rings. The second-order valence-corrected chi connectivity index (χ2v) is 7.71. The van der Waals surface area contributed by atoms with Gasteiger partial charge in [-0.2, -0.15) is 5.26 Å². The highest BCUT2D eigenvalue weighted by atomic mass is 16.2. The number of nitrogens with one attached hydrogen (secondary N) is 1. The molecular weight excluding hydrogens is 362 g/mol. The molecule has 5 heteroatoms. The highest BCUT2D eigenvalue weighted by Gasteiger charge is 2.59. The predicted octanol–water partition coefficient (Wildman–Crippen LogP) is 3.35. The molecule has 3 atom stereocenters. The van der Waals surface area contributed by atoms with Crippen molar-refractivity contribution >= 4 is 11.8 Å². The summed E-state index contributed by atoms with van der Waals surface area (Å²) in [5.41, 5.74) is 1.69. The molecule has 146 valence electrons. The molecule has 1 aliphatic carbocycles. The fraction of sp³-hybridized carbons (Fsp3) is 0.292. The van der Waals surface area contributed by atoms with Gasteiger partial charge in [-0.05, 0) is 24.0 Å². The van der Waals surface area contributed by atoms with E-state index in [9.17, 15) is 14.9 Å². The van der Waals surface area contributed by atoms with Crippen molar-refractivity contribution in [1.82, 2.24) is 10.2 Å². The van der Waals surface area contributed by atoms with Crippen molar-refractivity contribution in [3.05, 3.63) is 83.9 Å². The zero-order chi connectivity index (χ0) is 20.6. The Morgan fingerprint density at radius 1 is 1.14 bits per heavy atom. The molecule has 2 aromatic carbocycles. The molecular formula is C24H23N3O2. The number of rotatable bonds is 4. The molecule has 5 nitrogen and oxygen atoms in total. The van der Waals surface area contributed by atoms with Crippen LogP contribution in [0.5, 0.6) is 0 Å². The fourth-order valence-corrected chi connectivity index (χ4v) is 4.89. The van der Waals surface area contributed by atoms with E-state index in [0.717, 1.165) is 16.7 Å². The van der Waals surface area contributed by atoms with E-state index >= 15 is 0 Å². The quantitative estimate of drug-likeness (QED) is 0.648. The standard InChI is InChI=1S/C24H23N3O2/c1-3-24(15-25)16(2)14-19-21(24)27(23(29)22(28)26-19)20(17-10-6-4-7-11-17)18-12-8-5-9-13-18/h4-13,19-21H,2-3,14H2,1H3,(H,26,28)/t19-,21+,24-/m0/s1. The Kier molecular flexibility index (Phi) is 4.71. The van der Waals surface area contributed by atoms with Gasteiger partial charge in [0.25, 0.3) is 0 Å². The van der Waals surface area contributed by atoms with Gasteiger partial charge in [0.05, 0.1) is 24.2 Å². The van der Waals surface area contributed by atoms with E-state index in [4.69, 9.17) is 0 Å². The number of nitrogens with zero attached hydrogens (tertiary/aromatic N) is 2. The molecule has 0 bridgehead atoms. The molecule has 0 radical (unpaired) electrons. The van der Waals surface area contributed by atoms with E-state index in [-0.39, 0.29) is 6.04 Å². The molecule has 29 heavy (non-hydrogen) atoms. The summed E-state index contributed by atoms with van der Waals surface area (Å²) in [6.45, 7) is 6.09. The molecule has 1 saturated carbocycles. The smallest absolute Gasteiger partial charge is 0.313 e. The Hall–Kier alpha value is -3.39. The zero-order valence-electron chi connectivity index (χ0n) is 16.3. The molecule has 1 aliphatic heterocycles. The highest BCUT2D eigenvalue weighted by molar-refractivity contribution is 6.36. The molecule has 2 aromatic rings. The third kappa shape index (κ3) is 2.84. The summed E-state index contributed by atoms with van der Waals surface area (Å²) in [5, 5.41) is 13.0. The number of nitriles is 1. The van der Waals surface area contributed by atoms with Crippen LogP contribution < -0.4 is 5.32 Å². The van der Waals surface area contributed by atoms with Crippen molar-refractivity contribution in [2.75, 3.05) is 0 Å². The van der Waals surface area contributed by atoms with Gasteiger partial charge in [0, 0.05) is 0 Å². The maximum Gasteiger partial charge on any atom is 0.313 e. The van der Waals surface area contributed by atoms with Gasteiger partial charge in [0.15, 0.2) is 0 Å². The summed E-state index contributed by atoms with van der Waals surface area (Å²) in [6.07, 6.45) is 1.03. The van der Waals surface area contributed by atoms with Gasteiger partial charge in [-0.25, -0.2) is 0 Å². The lowest BCUT2D eigenvalue weighted by Gasteiger charge is -2.47. The van der Waals surface area contributed by atoms with Gasteiger partial charge in [-0.1, -0.05) is 79.7 Å². The molecule has 2 amide bonds. The lowest BCUT2D eigenvalue weighted by molar-refractivity contribution is -0.155. The van der Waals surface area contributed by atoms with Gasteiger partial charge in [0.1, 0.15) is 5.41 Å². The molecule has 0 aromatic heterocycles.